The highest BCUT2D eigenvalue weighted by molar-refractivity contribution is 5.86. The van der Waals surface area contributed by atoms with Crippen LogP contribution < -0.4 is 10.6 Å². The molecule has 1 saturated heterocycles. The Hall–Kier alpha value is -2.30. The fourth-order valence-corrected chi connectivity index (χ4v) is 4.65. The Balaban J connectivity index is 0.00000400. The summed E-state index contributed by atoms with van der Waals surface area (Å²) in [5.74, 6) is -1.97. The minimum atomic E-state index is -1.03. The molecule has 7 nitrogen and oxygen atoms in total. The van der Waals surface area contributed by atoms with E-state index >= 15 is 0 Å². The van der Waals surface area contributed by atoms with E-state index in [1.54, 1.807) is 0 Å². The van der Waals surface area contributed by atoms with Gasteiger partial charge in [0.15, 0.2) is 0 Å². The fourth-order valence-electron chi connectivity index (χ4n) is 4.65. The number of unbranched alkanes of at least 4 members (excludes halogenated alkanes) is 1. The van der Waals surface area contributed by atoms with E-state index in [-0.39, 0.29) is 56.8 Å². The van der Waals surface area contributed by atoms with Crippen molar-refractivity contribution in [3.8, 4) is 0 Å². The van der Waals surface area contributed by atoms with E-state index in [1.807, 2.05) is 12.1 Å². The molecule has 3 N–H and O–H groups in total. The molecule has 11 heteroatoms. The van der Waals surface area contributed by atoms with Crippen LogP contribution in [-0.4, -0.2) is 78.1 Å². The van der Waals surface area contributed by atoms with Crippen LogP contribution in [0, 0.1) is 11.6 Å². The first-order valence-corrected chi connectivity index (χ1v) is 13.5. The van der Waals surface area contributed by atoms with Crippen LogP contribution in [0.15, 0.2) is 42.5 Å². The predicted molar refractivity (Wildman–Crippen MR) is 158 cm³/mol. The largest absolute Gasteiger partial charge is 0.390 e. The zero-order chi connectivity index (χ0) is 27.5. The number of aliphatic hydroxyl groups is 1. The van der Waals surface area contributed by atoms with Crippen molar-refractivity contribution in [3.05, 3.63) is 70.8 Å². The first kappa shape index (κ1) is 35.7. The van der Waals surface area contributed by atoms with Gasteiger partial charge in [-0.3, -0.25) is 14.5 Å². The van der Waals surface area contributed by atoms with E-state index in [2.05, 4.69) is 41.5 Å². The minimum absolute atomic E-state index is 0. The highest BCUT2D eigenvalue weighted by Crippen LogP contribution is 2.13. The van der Waals surface area contributed by atoms with E-state index in [9.17, 15) is 23.5 Å². The van der Waals surface area contributed by atoms with Crippen molar-refractivity contribution in [2.24, 2.45) is 0 Å². The molecular formula is C29H42Cl2F2N4O3. The summed E-state index contributed by atoms with van der Waals surface area (Å²) in [5, 5.41) is 17.0. The molecule has 2 aromatic carbocycles. The van der Waals surface area contributed by atoms with Crippen LogP contribution in [0.2, 0.25) is 0 Å². The number of amides is 2. The molecule has 0 aromatic heterocycles. The maximum absolute atomic E-state index is 13.8. The fraction of sp³-hybridized carbons (Fsp3) is 0.517. The summed E-state index contributed by atoms with van der Waals surface area (Å²) < 4.78 is 27.6. The Morgan fingerprint density at radius 1 is 1.02 bits per heavy atom. The molecule has 0 unspecified atom stereocenters. The van der Waals surface area contributed by atoms with E-state index in [1.165, 1.54) is 22.6 Å². The maximum Gasteiger partial charge on any atom is 0.239 e. The quantitative estimate of drug-likeness (QED) is 0.308. The standard InChI is InChI=1S/C29H40F2N4O3.2ClH/c1-3-5-9-34-10-11-35(29(38)20-34)19-28(37)33-26(15-23-13-24(30)16-25(31)14-23)27(36)18-32-17-22-8-6-7-21(4-2)12-22;;/h6-8,12-14,16,26-27,32,36H,3-5,9-11,15,17-20H2,1-2H3,(H,33,37);2*1H/t26-,27+;;/m0../s1. The van der Waals surface area contributed by atoms with Gasteiger partial charge in [0.1, 0.15) is 11.6 Å². The molecule has 3 rings (SSSR count). The third-order valence-electron chi connectivity index (χ3n) is 6.83. The predicted octanol–water partition coefficient (Wildman–Crippen LogP) is 3.49. The molecule has 2 amide bonds. The number of hydrogen-bond acceptors (Lipinski definition) is 5. The van der Waals surface area contributed by atoms with Gasteiger partial charge in [0.25, 0.3) is 0 Å². The van der Waals surface area contributed by atoms with E-state index in [0.29, 0.717) is 25.2 Å². The number of rotatable bonds is 14. The highest BCUT2D eigenvalue weighted by Gasteiger charge is 2.27. The molecule has 0 saturated carbocycles. The summed E-state index contributed by atoms with van der Waals surface area (Å²) in [6.07, 6.45) is 2.00. The molecule has 2 atom stereocenters. The van der Waals surface area contributed by atoms with Gasteiger partial charge in [-0.1, -0.05) is 44.5 Å². The average molecular weight is 604 g/mol. The molecule has 1 fully saturated rings. The van der Waals surface area contributed by atoms with Crippen LogP contribution in [0.25, 0.3) is 0 Å². The lowest BCUT2D eigenvalue weighted by atomic mass is 10.0. The van der Waals surface area contributed by atoms with Crippen LogP contribution in [0.3, 0.4) is 0 Å². The normalized spacial score (nSPS) is 15.1. The lowest BCUT2D eigenvalue weighted by Crippen LogP contribution is -2.55. The van der Waals surface area contributed by atoms with Gasteiger partial charge >= 0.3 is 0 Å². The Bertz CT molecular complexity index is 1060. The van der Waals surface area contributed by atoms with Gasteiger partial charge in [-0.15, -0.1) is 24.8 Å². The number of benzene rings is 2. The molecule has 1 aliphatic rings. The Kier molecular flexibility index (Phi) is 16.3. The van der Waals surface area contributed by atoms with E-state index in [4.69, 9.17) is 0 Å². The first-order valence-electron chi connectivity index (χ1n) is 13.5. The van der Waals surface area contributed by atoms with Crippen molar-refractivity contribution in [2.75, 3.05) is 39.3 Å². The van der Waals surface area contributed by atoms with Gasteiger partial charge in [0.2, 0.25) is 11.8 Å². The molecular weight excluding hydrogens is 561 g/mol. The smallest absolute Gasteiger partial charge is 0.239 e. The Morgan fingerprint density at radius 2 is 1.73 bits per heavy atom. The van der Waals surface area contributed by atoms with E-state index in [0.717, 1.165) is 37.4 Å². The molecule has 1 aliphatic heterocycles. The number of hydrogen-bond donors (Lipinski definition) is 3. The van der Waals surface area contributed by atoms with Gasteiger partial charge in [0.05, 0.1) is 25.2 Å². The average Bonchev–Trinajstić information content (AvgIpc) is 2.88. The third-order valence-corrected chi connectivity index (χ3v) is 6.83. The summed E-state index contributed by atoms with van der Waals surface area (Å²) >= 11 is 0. The van der Waals surface area contributed by atoms with Gasteiger partial charge in [-0.25, -0.2) is 8.78 Å². The summed E-state index contributed by atoms with van der Waals surface area (Å²) in [5.41, 5.74) is 2.60. The summed E-state index contributed by atoms with van der Waals surface area (Å²) in [6.45, 7) is 7.04. The lowest BCUT2D eigenvalue weighted by molar-refractivity contribution is -0.140. The van der Waals surface area contributed by atoms with E-state index < -0.39 is 29.7 Å². The molecule has 40 heavy (non-hydrogen) atoms. The number of carbonyl (C=O) groups is 2. The van der Waals surface area contributed by atoms with Crippen LogP contribution >= 0.6 is 24.8 Å². The molecule has 0 spiro atoms. The molecule has 1 heterocycles. The van der Waals surface area contributed by atoms with Crippen molar-refractivity contribution in [2.45, 2.75) is 58.2 Å². The second-order valence-electron chi connectivity index (χ2n) is 9.97. The van der Waals surface area contributed by atoms with Crippen molar-refractivity contribution < 1.29 is 23.5 Å². The van der Waals surface area contributed by atoms with Crippen LogP contribution in [-0.2, 0) is 29.0 Å². The number of aryl methyl sites for hydroxylation is 1. The van der Waals surface area contributed by atoms with Gasteiger partial charge in [-0.05, 0) is 54.6 Å². The minimum Gasteiger partial charge on any atom is -0.390 e. The van der Waals surface area contributed by atoms with Crippen molar-refractivity contribution >= 4 is 36.6 Å². The summed E-state index contributed by atoms with van der Waals surface area (Å²) in [7, 11) is 0. The molecule has 2 aromatic rings. The topological polar surface area (TPSA) is 84.9 Å². The number of nitrogens with one attached hydrogen (secondary N) is 2. The lowest BCUT2D eigenvalue weighted by Gasteiger charge is -2.34. The van der Waals surface area contributed by atoms with Crippen molar-refractivity contribution in [1.82, 2.24) is 20.4 Å². The zero-order valence-electron chi connectivity index (χ0n) is 23.2. The number of nitrogens with zero attached hydrogens (tertiary/aromatic N) is 2. The van der Waals surface area contributed by atoms with Gasteiger partial charge in [0, 0.05) is 32.2 Å². The van der Waals surface area contributed by atoms with Crippen molar-refractivity contribution in [3.63, 3.8) is 0 Å². The highest BCUT2D eigenvalue weighted by atomic mass is 35.5. The number of carbonyl (C=O) groups excluding carboxylic acids is 2. The molecule has 224 valence electrons. The zero-order valence-corrected chi connectivity index (χ0v) is 24.8. The number of halogens is 4. The second kappa shape index (κ2) is 18.2. The van der Waals surface area contributed by atoms with Gasteiger partial charge < -0.3 is 20.6 Å². The Labute approximate surface area is 248 Å². The van der Waals surface area contributed by atoms with Crippen molar-refractivity contribution in [1.29, 1.82) is 0 Å². The molecule has 0 radical (unpaired) electrons. The van der Waals surface area contributed by atoms with Crippen LogP contribution in [0.1, 0.15) is 43.4 Å². The van der Waals surface area contributed by atoms with Crippen LogP contribution in [0.5, 0.6) is 0 Å². The molecule has 0 bridgehead atoms. The number of aliphatic hydroxyl groups excluding tert-OH is 1. The summed E-state index contributed by atoms with van der Waals surface area (Å²) in [4.78, 5) is 29.1. The third kappa shape index (κ3) is 11.7. The Morgan fingerprint density at radius 3 is 2.38 bits per heavy atom. The number of piperazine rings is 1. The molecule has 0 aliphatic carbocycles. The second-order valence-corrected chi connectivity index (χ2v) is 9.97. The summed E-state index contributed by atoms with van der Waals surface area (Å²) in [6, 6.07) is 10.5. The SMILES string of the molecule is CCCCN1CCN(CC(=O)N[C@@H](Cc2cc(F)cc(F)c2)[C@H](O)CNCc2cccc(CC)c2)C(=O)C1.Cl.Cl. The monoisotopic (exact) mass is 602 g/mol. The van der Waals surface area contributed by atoms with Gasteiger partial charge in [-0.2, -0.15) is 0 Å². The first-order chi connectivity index (χ1) is 18.3. The van der Waals surface area contributed by atoms with Crippen LogP contribution in [0.4, 0.5) is 8.78 Å². The maximum atomic E-state index is 13.8.